The molecule has 1 aliphatic heterocycles. The predicted octanol–water partition coefficient (Wildman–Crippen LogP) is 13.5. The predicted molar refractivity (Wildman–Crippen MR) is 237 cm³/mol. The van der Waals surface area contributed by atoms with Crippen molar-refractivity contribution in [2.45, 2.75) is 19.6 Å². The molecule has 11 rings (SSSR count). The van der Waals surface area contributed by atoms with Crippen LogP contribution >= 0.6 is 0 Å². The van der Waals surface area contributed by atoms with E-state index in [4.69, 9.17) is 0 Å². The molecule has 0 bridgehead atoms. The topological polar surface area (TPSA) is 13.1 Å². The Labute approximate surface area is 322 Å². The van der Waals surface area contributed by atoms with E-state index in [1.54, 1.807) is 0 Å². The summed E-state index contributed by atoms with van der Waals surface area (Å²) in [6.07, 6.45) is 0. The fraction of sp³-hybridized carbons (Fsp3) is 0.0588. The van der Waals surface area contributed by atoms with Gasteiger partial charge in [0, 0.05) is 44.0 Å². The fourth-order valence-electron chi connectivity index (χ4n) is 9.06. The third-order valence-electron chi connectivity index (χ3n) is 11.6. The molecule has 0 aliphatic carbocycles. The van der Waals surface area contributed by atoms with Crippen molar-refractivity contribution in [1.82, 2.24) is 9.13 Å². The zero-order valence-electron chi connectivity index (χ0n) is 31.2. The highest BCUT2D eigenvalue weighted by molar-refractivity contribution is 6.88. The van der Waals surface area contributed by atoms with Gasteiger partial charge in [-0.25, -0.2) is 0 Å². The molecule has 262 valence electrons. The van der Waals surface area contributed by atoms with E-state index in [-0.39, 0.29) is 0 Å². The maximum atomic E-state index is 2.52. The van der Waals surface area contributed by atoms with Crippen LogP contribution in [0.4, 0.5) is 17.1 Å². The number of fused-ring (bicyclic) bond motifs is 12. The SMILES string of the molecule is C[Si](C)(C)c1ccc2c(c1)c1ccccc1n2-c1ccc2c(c1)c1cccc3c1n2-c1ccccc1N(c1ccccc1)c1ccccc1-c1ccccc1-3. The van der Waals surface area contributed by atoms with Gasteiger partial charge in [-0.1, -0.05) is 146 Å². The number of nitrogens with zero attached hydrogens (tertiary/aromatic N) is 3. The molecule has 0 saturated carbocycles. The van der Waals surface area contributed by atoms with Gasteiger partial charge in [0.15, 0.2) is 0 Å². The number of aromatic nitrogens is 2. The highest BCUT2D eigenvalue weighted by Gasteiger charge is 2.27. The zero-order chi connectivity index (χ0) is 36.8. The van der Waals surface area contributed by atoms with E-state index in [1.165, 1.54) is 76.7 Å². The van der Waals surface area contributed by atoms with Gasteiger partial charge in [-0.2, -0.15) is 0 Å². The molecule has 0 N–H and O–H groups in total. The molecule has 10 aromatic rings. The molecule has 0 fully saturated rings. The molecule has 3 heterocycles. The van der Waals surface area contributed by atoms with Gasteiger partial charge in [-0.15, -0.1) is 0 Å². The van der Waals surface area contributed by atoms with Gasteiger partial charge >= 0.3 is 0 Å². The van der Waals surface area contributed by atoms with Crippen LogP contribution in [0, 0.1) is 0 Å². The summed E-state index contributed by atoms with van der Waals surface area (Å²) >= 11 is 0. The maximum absolute atomic E-state index is 2.52. The summed E-state index contributed by atoms with van der Waals surface area (Å²) in [5.41, 5.74) is 15.4. The van der Waals surface area contributed by atoms with Crippen molar-refractivity contribution < 1.29 is 0 Å². The average Bonchev–Trinajstić information content (AvgIpc) is 3.73. The molecule has 2 aromatic heterocycles. The van der Waals surface area contributed by atoms with Crippen LogP contribution in [0.1, 0.15) is 0 Å². The molecule has 0 radical (unpaired) electrons. The minimum atomic E-state index is -1.51. The van der Waals surface area contributed by atoms with Crippen LogP contribution in [-0.2, 0) is 0 Å². The van der Waals surface area contributed by atoms with Crippen molar-refractivity contribution in [3.63, 3.8) is 0 Å². The van der Waals surface area contributed by atoms with E-state index in [2.05, 4.69) is 216 Å². The lowest BCUT2D eigenvalue weighted by Gasteiger charge is -2.31. The van der Waals surface area contributed by atoms with Crippen molar-refractivity contribution >= 4 is 73.9 Å². The van der Waals surface area contributed by atoms with Crippen molar-refractivity contribution in [3.05, 3.63) is 182 Å². The first kappa shape index (κ1) is 31.9. The van der Waals surface area contributed by atoms with Crippen molar-refractivity contribution in [1.29, 1.82) is 0 Å². The standard InChI is InChI=1S/C51H39N3Si/c1-55(2,3)36-29-31-47-44(33-36)40-21-10-12-25-46(40)53(47)35-28-30-48-43(32-35)42-23-15-22-41-38-19-8-7-18-37(38)39-20-9-11-24-45(39)52(34-16-5-4-6-17-34)49-26-13-14-27-50(49)54(48)51(41)42/h4-33H,1-3H3. The second kappa shape index (κ2) is 11.9. The number of hydrogen-bond donors (Lipinski definition) is 0. The highest BCUT2D eigenvalue weighted by Crippen LogP contribution is 2.50. The fourth-order valence-corrected chi connectivity index (χ4v) is 10.2. The molecule has 0 amide bonds. The van der Waals surface area contributed by atoms with Gasteiger partial charge in [-0.3, -0.25) is 0 Å². The number of hydrogen-bond acceptors (Lipinski definition) is 1. The van der Waals surface area contributed by atoms with Crippen LogP contribution in [-0.4, -0.2) is 17.2 Å². The highest BCUT2D eigenvalue weighted by atomic mass is 28.3. The van der Waals surface area contributed by atoms with Gasteiger partial charge in [0.05, 0.1) is 47.2 Å². The summed E-state index contributed by atoms with van der Waals surface area (Å²) in [6.45, 7) is 7.29. The molecule has 55 heavy (non-hydrogen) atoms. The van der Waals surface area contributed by atoms with E-state index in [0.29, 0.717) is 0 Å². The van der Waals surface area contributed by atoms with Crippen molar-refractivity contribution in [2.75, 3.05) is 4.90 Å². The maximum Gasteiger partial charge on any atom is 0.0776 e. The monoisotopic (exact) mass is 721 g/mol. The number of rotatable bonds is 3. The Morgan fingerprint density at radius 1 is 0.345 bits per heavy atom. The normalized spacial score (nSPS) is 12.6. The Kier molecular flexibility index (Phi) is 6.92. The number of para-hydroxylation sites is 6. The minimum Gasteiger partial charge on any atom is -0.309 e. The third-order valence-corrected chi connectivity index (χ3v) is 13.6. The summed E-state index contributed by atoms with van der Waals surface area (Å²) in [6, 6.07) is 67.5. The van der Waals surface area contributed by atoms with Crippen LogP contribution in [0.25, 0.3) is 77.2 Å². The second-order valence-electron chi connectivity index (χ2n) is 15.8. The van der Waals surface area contributed by atoms with Crippen LogP contribution < -0.4 is 10.1 Å². The number of anilines is 3. The summed E-state index contributed by atoms with van der Waals surface area (Å²) in [5, 5.41) is 6.57. The molecule has 0 spiro atoms. The Balaban J connectivity index is 1.27. The quantitative estimate of drug-likeness (QED) is 0.166. The lowest BCUT2D eigenvalue weighted by Crippen LogP contribution is -2.37. The van der Waals surface area contributed by atoms with Crippen LogP contribution in [0.15, 0.2) is 182 Å². The average molecular weight is 722 g/mol. The van der Waals surface area contributed by atoms with Crippen LogP contribution in [0.2, 0.25) is 19.6 Å². The van der Waals surface area contributed by atoms with Gasteiger partial charge in [0.25, 0.3) is 0 Å². The smallest absolute Gasteiger partial charge is 0.0776 e. The summed E-state index contributed by atoms with van der Waals surface area (Å²) in [7, 11) is -1.51. The second-order valence-corrected chi connectivity index (χ2v) is 20.9. The summed E-state index contributed by atoms with van der Waals surface area (Å²) in [4.78, 5) is 2.44. The largest absolute Gasteiger partial charge is 0.309 e. The molecule has 8 aromatic carbocycles. The van der Waals surface area contributed by atoms with Crippen LogP contribution in [0.3, 0.4) is 0 Å². The Morgan fingerprint density at radius 3 is 1.71 bits per heavy atom. The Morgan fingerprint density at radius 2 is 0.909 bits per heavy atom. The van der Waals surface area contributed by atoms with Crippen LogP contribution in [0.5, 0.6) is 0 Å². The van der Waals surface area contributed by atoms with Gasteiger partial charge in [-0.05, 0) is 71.8 Å². The van der Waals surface area contributed by atoms with E-state index in [0.717, 1.165) is 22.7 Å². The summed E-state index contributed by atoms with van der Waals surface area (Å²) < 4.78 is 4.99. The molecule has 0 atom stereocenters. The molecular weight excluding hydrogens is 683 g/mol. The summed E-state index contributed by atoms with van der Waals surface area (Å²) in [5.74, 6) is 0. The molecule has 4 heteroatoms. The number of benzene rings is 8. The van der Waals surface area contributed by atoms with Gasteiger partial charge < -0.3 is 14.0 Å². The van der Waals surface area contributed by atoms with E-state index < -0.39 is 8.07 Å². The third kappa shape index (κ3) is 4.75. The molecule has 0 saturated heterocycles. The van der Waals surface area contributed by atoms with Crippen molar-refractivity contribution in [2.24, 2.45) is 0 Å². The first-order valence-electron chi connectivity index (χ1n) is 19.2. The first-order chi connectivity index (χ1) is 27.0. The lowest BCUT2D eigenvalue weighted by atomic mass is 9.91. The molecule has 1 aliphatic rings. The zero-order valence-corrected chi connectivity index (χ0v) is 32.2. The molecular formula is C51H39N3Si. The van der Waals surface area contributed by atoms with Crippen molar-refractivity contribution in [3.8, 4) is 33.6 Å². The lowest BCUT2D eigenvalue weighted by molar-refractivity contribution is 1.14. The molecule has 3 nitrogen and oxygen atoms in total. The minimum absolute atomic E-state index is 1.12. The van der Waals surface area contributed by atoms with E-state index >= 15 is 0 Å². The molecule has 0 unspecified atom stereocenters. The van der Waals surface area contributed by atoms with Gasteiger partial charge in [0.2, 0.25) is 0 Å². The van der Waals surface area contributed by atoms with E-state index in [1.807, 2.05) is 0 Å². The van der Waals surface area contributed by atoms with E-state index in [9.17, 15) is 0 Å². The Hall–Kier alpha value is -6.62. The Bertz CT molecular complexity index is 3140. The first-order valence-corrected chi connectivity index (χ1v) is 22.7. The van der Waals surface area contributed by atoms with Gasteiger partial charge in [0.1, 0.15) is 0 Å².